The van der Waals surface area contributed by atoms with Crippen molar-refractivity contribution in [1.82, 2.24) is 9.97 Å². The number of carbonyl (C=O) groups is 1. The number of para-hydroxylation sites is 1. The van der Waals surface area contributed by atoms with Gasteiger partial charge in [0.1, 0.15) is 5.82 Å². The zero-order chi connectivity index (χ0) is 14.8. The quantitative estimate of drug-likeness (QED) is 0.746. The molecule has 8 heteroatoms. The summed E-state index contributed by atoms with van der Waals surface area (Å²) in [5, 5.41) is -0.0381. The number of aryl methyl sites for hydroxylation is 1. The fraction of sp³-hybridized carbons (Fsp3) is 0.167. The fourth-order valence-electron chi connectivity index (χ4n) is 1.70. The lowest BCUT2D eigenvalue weighted by Gasteiger charge is -2.10. The fourth-order valence-corrected chi connectivity index (χ4v) is 2.77. The zero-order valence-electron chi connectivity index (χ0n) is 10.8. The van der Waals surface area contributed by atoms with Crippen molar-refractivity contribution >= 4 is 21.6 Å². The third-order valence-electron chi connectivity index (χ3n) is 2.60. The molecule has 0 aliphatic carbocycles. The minimum Gasteiger partial charge on any atom is -0.369 e. The maximum atomic E-state index is 12.2. The van der Waals surface area contributed by atoms with E-state index in [2.05, 4.69) is 14.7 Å². The van der Waals surface area contributed by atoms with Crippen LogP contribution in [0.1, 0.15) is 11.4 Å². The number of sulfonamides is 1. The molecule has 0 atom stereocenters. The molecule has 7 nitrogen and oxygen atoms in total. The number of benzene rings is 1. The van der Waals surface area contributed by atoms with E-state index in [9.17, 15) is 13.2 Å². The Kier molecular flexibility index (Phi) is 3.75. The summed E-state index contributed by atoms with van der Waals surface area (Å²) in [5.74, 6) is -0.0372. The van der Waals surface area contributed by atoms with Crippen LogP contribution in [-0.4, -0.2) is 24.3 Å². The average Bonchev–Trinajstić information content (AvgIpc) is 2.78. The Balaban J connectivity index is 2.32. The standard InChI is InChI=1S/C12H14N4O3S/c1-8-14-7-12(15-8)20(18,19)16-10-5-3-2-4-9(10)6-11(13)17/h2-5,7,16H,6H2,1H3,(H2,13,17)(H,14,15). The predicted molar refractivity (Wildman–Crippen MR) is 73.5 cm³/mol. The molecule has 0 fully saturated rings. The minimum absolute atomic E-state index is 0.0381. The van der Waals surface area contributed by atoms with Crippen molar-refractivity contribution in [2.75, 3.05) is 4.72 Å². The monoisotopic (exact) mass is 294 g/mol. The summed E-state index contributed by atoms with van der Waals surface area (Å²) in [4.78, 5) is 17.5. The maximum Gasteiger partial charge on any atom is 0.278 e. The van der Waals surface area contributed by atoms with Gasteiger partial charge in [-0.15, -0.1) is 0 Å². The second-order valence-corrected chi connectivity index (χ2v) is 5.89. The van der Waals surface area contributed by atoms with Gasteiger partial charge in [0, 0.05) is 0 Å². The van der Waals surface area contributed by atoms with E-state index < -0.39 is 15.9 Å². The molecule has 106 valence electrons. The van der Waals surface area contributed by atoms with Crippen LogP contribution < -0.4 is 10.5 Å². The van der Waals surface area contributed by atoms with Crippen molar-refractivity contribution in [3.8, 4) is 0 Å². The second kappa shape index (κ2) is 5.33. The number of rotatable bonds is 5. The number of aromatic nitrogens is 2. The molecule has 0 bridgehead atoms. The van der Waals surface area contributed by atoms with Gasteiger partial charge in [0.25, 0.3) is 10.0 Å². The van der Waals surface area contributed by atoms with Gasteiger partial charge < -0.3 is 10.7 Å². The van der Waals surface area contributed by atoms with Gasteiger partial charge in [0.05, 0.1) is 18.3 Å². The van der Waals surface area contributed by atoms with Gasteiger partial charge in [-0.1, -0.05) is 18.2 Å². The topological polar surface area (TPSA) is 118 Å². The Morgan fingerprint density at radius 3 is 2.70 bits per heavy atom. The number of amides is 1. The molecule has 0 radical (unpaired) electrons. The number of H-pyrrole nitrogens is 1. The largest absolute Gasteiger partial charge is 0.369 e. The number of anilines is 1. The van der Waals surface area contributed by atoms with E-state index in [1.54, 1.807) is 31.2 Å². The van der Waals surface area contributed by atoms with Crippen molar-refractivity contribution in [1.29, 1.82) is 0 Å². The van der Waals surface area contributed by atoms with E-state index in [-0.39, 0.29) is 11.4 Å². The first kappa shape index (κ1) is 14.1. The summed E-state index contributed by atoms with van der Waals surface area (Å²) in [6, 6.07) is 6.58. The van der Waals surface area contributed by atoms with Gasteiger partial charge in [-0.3, -0.25) is 9.52 Å². The molecular formula is C12H14N4O3S. The molecular weight excluding hydrogens is 280 g/mol. The Labute approximate surface area is 116 Å². The Morgan fingerprint density at radius 1 is 1.40 bits per heavy atom. The Morgan fingerprint density at radius 2 is 2.10 bits per heavy atom. The lowest BCUT2D eigenvalue weighted by Crippen LogP contribution is -2.18. The Bertz CT molecular complexity index is 737. The maximum absolute atomic E-state index is 12.2. The van der Waals surface area contributed by atoms with Crippen LogP contribution in [0.25, 0.3) is 0 Å². The third-order valence-corrected chi connectivity index (χ3v) is 3.87. The van der Waals surface area contributed by atoms with Crippen molar-refractivity contribution < 1.29 is 13.2 Å². The molecule has 1 heterocycles. The molecule has 0 saturated carbocycles. The summed E-state index contributed by atoms with van der Waals surface area (Å²) < 4.78 is 26.7. The molecule has 0 unspecified atom stereocenters. The highest BCUT2D eigenvalue weighted by Crippen LogP contribution is 2.19. The summed E-state index contributed by atoms with van der Waals surface area (Å²) in [7, 11) is -3.77. The molecule has 2 rings (SSSR count). The molecule has 0 aliphatic rings. The number of nitrogens with zero attached hydrogens (tertiary/aromatic N) is 1. The minimum atomic E-state index is -3.77. The van der Waals surface area contributed by atoms with Crippen LogP contribution in [0.15, 0.2) is 35.5 Å². The van der Waals surface area contributed by atoms with Crippen molar-refractivity contribution in [3.05, 3.63) is 41.9 Å². The number of aromatic amines is 1. The Hall–Kier alpha value is -2.35. The first-order valence-electron chi connectivity index (χ1n) is 5.79. The highest BCUT2D eigenvalue weighted by Gasteiger charge is 2.18. The summed E-state index contributed by atoms with van der Waals surface area (Å²) in [6.07, 6.45) is 1.19. The van der Waals surface area contributed by atoms with E-state index in [0.717, 1.165) is 0 Å². The normalized spacial score (nSPS) is 11.2. The molecule has 0 aliphatic heterocycles. The first-order valence-corrected chi connectivity index (χ1v) is 7.27. The molecule has 20 heavy (non-hydrogen) atoms. The lowest BCUT2D eigenvalue weighted by molar-refractivity contribution is -0.117. The average molecular weight is 294 g/mol. The second-order valence-electron chi connectivity index (χ2n) is 4.24. The SMILES string of the molecule is Cc1ncc(S(=O)(=O)Nc2ccccc2CC(N)=O)[nH]1. The molecule has 1 aromatic heterocycles. The number of nitrogens with one attached hydrogen (secondary N) is 2. The van der Waals surface area contributed by atoms with Gasteiger partial charge in [-0.25, -0.2) is 4.98 Å². The summed E-state index contributed by atoms with van der Waals surface area (Å²) in [5.41, 5.74) is 5.97. The summed E-state index contributed by atoms with van der Waals surface area (Å²) in [6.45, 7) is 1.65. The van der Waals surface area contributed by atoms with Crippen LogP contribution >= 0.6 is 0 Å². The molecule has 4 N–H and O–H groups in total. The lowest BCUT2D eigenvalue weighted by atomic mass is 10.1. The van der Waals surface area contributed by atoms with Gasteiger partial charge in [-0.05, 0) is 18.6 Å². The van der Waals surface area contributed by atoms with E-state index >= 15 is 0 Å². The van der Waals surface area contributed by atoms with Crippen molar-refractivity contribution in [2.24, 2.45) is 5.73 Å². The number of nitrogens with two attached hydrogens (primary N) is 1. The van der Waals surface area contributed by atoms with E-state index in [1.807, 2.05) is 0 Å². The predicted octanol–water partition coefficient (Wildman–Crippen LogP) is 0.547. The number of primary amides is 1. The third kappa shape index (κ3) is 3.15. The van der Waals surface area contributed by atoms with Crippen LogP contribution in [0.5, 0.6) is 0 Å². The molecule has 0 saturated heterocycles. The number of carbonyl (C=O) groups excluding carboxylic acids is 1. The van der Waals surface area contributed by atoms with Crippen LogP contribution in [0.3, 0.4) is 0 Å². The van der Waals surface area contributed by atoms with Gasteiger partial charge in [0.15, 0.2) is 5.03 Å². The van der Waals surface area contributed by atoms with Crippen LogP contribution in [0.2, 0.25) is 0 Å². The van der Waals surface area contributed by atoms with E-state index in [0.29, 0.717) is 17.1 Å². The van der Waals surface area contributed by atoms with Crippen LogP contribution in [0.4, 0.5) is 5.69 Å². The smallest absolute Gasteiger partial charge is 0.278 e. The molecule has 2 aromatic rings. The van der Waals surface area contributed by atoms with Gasteiger partial charge in [0.2, 0.25) is 5.91 Å². The van der Waals surface area contributed by atoms with Crippen LogP contribution in [0, 0.1) is 6.92 Å². The van der Waals surface area contributed by atoms with Crippen molar-refractivity contribution in [2.45, 2.75) is 18.4 Å². The molecule has 0 spiro atoms. The van der Waals surface area contributed by atoms with E-state index in [4.69, 9.17) is 5.73 Å². The number of hydrogen-bond acceptors (Lipinski definition) is 4. The van der Waals surface area contributed by atoms with Gasteiger partial charge >= 0.3 is 0 Å². The highest BCUT2D eigenvalue weighted by molar-refractivity contribution is 7.92. The molecule has 1 amide bonds. The van der Waals surface area contributed by atoms with Crippen molar-refractivity contribution in [3.63, 3.8) is 0 Å². The number of hydrogen-bond donors (Lipinski definition) is 3. The summed E-state index contributed by atoms with van der Waals surface area (Å²) >= 11 is 0. The van der Waals surface area contributed by atoms with Gasteiger partial charge in [-0.2, -0.15) is 8.42 Å². The van der Waals surface area contributed by atoms with Crippen LogP contribution in [-0.2, 0) is 21.2 Å². The van der Waals surface area contributed by atoms with E-state index in [1.165, 1.54) is 6.20 Å². The highest BCUT2D eigenvalue weighted by atomic mass is 32.2. The number of imidazole rings is 1. The zero-order valence-corrected chi connectivity index (χ0v) is 11.6. The molecule has 1 aromatic carbocycles. The first-order chi connectivity index (χ1) is 9.38.